The molecule has 0 saturated carbocycles. The fourth-order valence-electron chi connectivity index (χ4n) is 2.43. The maximum atomic E-state index is 12.1. The summed E-state index contributed by atoms with van der Waals surface area (Å²) in [7, 11) is 0. The van der Waals surface area contributed by atoms with Gasteiger partial charge in [-0.2, -0.15) is 0 Å². The van der Waals surface area contributed by atoms with E-state index in [0.29, 0.717) is 15.8 Å². The Hall–Kier alpha value is -2.86. The summed E-state index contributed by atoms with van der Waals surface area (Å²) >= 11 is 3.27. The van der Waals surface area contributed by atoms with E-state index in [0.717, 1.165) is 10.8 Å². The third-order valence-electron chi connectivity index (χ3n) is 3.63. The van der Waals surface area contributed by atoms with Crippen molar-refractivity contribution in [1.29, 1.82) is 0 Å². The van der Waals surface area contributed by atoms with Crippen LogP contribution in [0.2, 0.25) is 0 Å². The summed E-state index contributed by atoms with van der Waals surface area (Å²) in [4.78, 5) is 24.2. The first-order valence-electron chi connectivity index (χ1n) is 7.54. The molecule has 0 bridgehead atoms. The van der Waals surface area contributed by atoms with E-state index >= 15 is 0 Å². The molecule has 6 heteroatoms. The quantitative estimate of drug-likeness (QED) is 0.514. The molecule has 5 nitrogen and oxygen atoms in total. The number of fused-ring (bicyclic) bond motifs is 1. The molecular formula is C19H15BrN2O3. The number of amides is 1. The first-order valence-corrected chi connectivity index (χ1v) is 8.33. The van der Waals surface area contributed by atoms with Crippen molar-refractivity contribution in [2.45, 2.75) is 0 Å². The Kier molecular flexibility index (Phi) is 5.00. The van der Waals surface area contributed by atoms with Crippen molar-refractivity contribution >= 4 is 50.0 Å². The van der Waals surface area contributed by atoms with E-state index in [-0.39, 0.29) is 5.56 Å². The van der Waals surface area contributed by atoms with Crippen molar-refractivity contribution < 1.29 is 14.3 Å². The first kappa shape index (κ1) is 17.0. The lowest BCUT2D eigenvalue weighted by molar-refractivity contribution is -0.119. The van der Waals surface area contributed by atoms with Crippen LogP contribution in [0.1, 0.15) is 10.4 Å². The smallest absolute Gasteiger partial charge is 0.340 e. The zero-order chi connectivity index (χ0) is 17.8. The second-order valence-corrected chi connectivity index (χ2v) is 6.30. The van der Waals surface area contributed by atoms with Crippen LogP contribution < -0.4 is 11.1 Å². The fourth-order valence-corrected chi connectivity index (χ4v) is 2.80. The molecule has 25 heavy (non-hydrogen) atoms. The van der Waals surface area contributed by atoms with Gasteiger partial charge in [0.05, 0.1) is 5.56 Å². The van der Waals surface area contributed by atoms with E-state index in [1.165, 1.54) is 0 Å². The molecule has 0 unspecified atom stereocenters. The zero-order valence-electron chi connectivity index (χ0n) is 13.2. The largest absolute Gasteiger partial charge is 0.452 e. The number of ether oxygens (including phenoxy) is 1. The molecule has 0 fully saturated rings. The van der Waals surface area contributed by atoms with Gasteiger partial charge in [0.1, 0.15) is 0 Å². The van der Waals surface area contributed by atoms with E-state index in [9.17, 15) is 9.59 Å². The molecule has 0 aliphatic rings. The van der Waals surface area contributed by atoms with E-state index in [1.807, 2.05) is 36.4 Å². The van der Waals surface area contributed by atoms with E-state index in [2.05, 4.69) is 21.2 Å². The van der Waals surface area contributed by atoms with Crippen LogP contribution >= 0.6 is 15.9 Å². The normalized spacial score (nSPS) is 10.4. The van der Waals surface area contributed by atoms with E-state index < -0.39 is 18.5 Å². The SMILES string of the molecule is Nc1ccc(Br)cc1C(=O)OCC(=O)Nc1cccc2ccccc12. The van der Waals surface area contributed by atoms with Gasteiger partial charge >= 0.3 is 5.97 Å². The summed E-state index contributed by atoms with van der Waals surface area (Å²) in [6.45, 7) is -0.395. The molecule has 126 valence electrons. The van der Waals surface area contributed by atoms with Crippen LogP contribution in [0.5, 0.6) is 0 Å². The number of esters is 1. The summed E-state index contributed by atoms with van der Waals surface area (Å²) < 4.78 is 5.76. The van der Waals surface area contributed by atoms with Gasteiger partial charge < -0.3 is 15.8 Å². The van der Waals surface area contributed by atoms with E-state index in [1.54, 1.807) is 24.3 Å². The Morgan fingerprint density at radius 3 is 2.64 bits per heavy atom. The molecule has 3 aromatic rings. The lowest BCUT2D eigenvalue weighted by Crippen LogP contribution is -2.21. The van der Waals surface area contributed by atoms with Crippen LogP contribution in [-0.4, -0.2) is 18.5 Å². The van der Waals surface area contributed by atoms with Gasteiger partial charge in [-0.25, -0.2) is 4.79 Å². The first-order chi connectivity index (χ1) is 12.0. The van der Waals surface area contributed by atoms with Gasteiger partial charge in [0.25, 0.3) is 5.91 Å². The number of rotatable bonds is 4. The van der Waals surface area contributed by atoms with Gasteiger partial charge in [-0.15, -0.1) is 0 Å². The van der Waals surface area contributed by atoms with Crippen molar-refractivity contribution in [3.05, 3.63) is 70.7 Å². The molecule has 0 aliphatic carbocycles. The number of nitrogens with two attached hydrogens (primary N) is 1. The summed E-state index contributed by atoms with van der Waals surface area (Å²) in [6.07, 6.45) is 0. The lowest BCUT2D eigenvalue weighted by Gasteiger charge is -2.10. The van der Waals surface area contributed by atoms with Crippen molar-refractivity contribution in [2.75, 3.05) is 17.7 Å². The maximum Gasteiger partial charge on any atom is 0.340 e. The number of benzene rings is 3. The Morgan fingerprint density at radius 2 is 1.80 bits per heavy atom. The van der Waals surface area contributed by atoms with Gasteiger partial charge in [0.15, 0.2) is 6.61 Å². The van der Waals surface area contributed by atoms with Gasteiger partial charge in [0, 0.05) is 21.2 Å². The number of halogens is 1. The zero-order valence-corrected chi connectivity index (χ0v) is 14.7. The summed E-state index contributed by atoms with van der Waals surface area (Å²) in [6, 6.07) is 18.2. The predicted molar refractivity (Wildman–Crippen MR) is 101 cm³/mol. The Labute approximate surface area is 152 Å². The number of carbonyl (C=O) groups is 2. The number of hydrogen-bond donors (Lipinski definition) is 2. The molecule has 3 rings (SSSR count). The minimum atomic E-state index is -0.646. The molecule has 0 spiro atoms. The second kappa shape index (κ2) is 7.36. The molecular weight excluding hydrogens is 384 g/mol. The number of carbonyl (C=O) groups excluding carboxylic acids is 2. The fraction of sp³-hybridized carbons (Fsp3) is 0.0526. The number of hydrogen-bond acceptors (Lipinski definition) is 4. The standard InChI is InChI=1S/C19H15BrN2O3/c20-13-8-9-16(21)15(10-13)19(24)25-11-18(23)22-17-7-3-5-12-4-1-2-6-14(12)17/h1-10H,11,21H2,(H,22,23). The summed E-state index contributed by atoms with van der Waals surface area (Å²) in [5.41, 5.74) is 6.94. The number of nitrogen functional groups attached to an aromatic ring is 1. The van der Waals surface area contributed by atoms with Crippen LogP contribution in [-0.2, 0) is 9.53 Å². The van der Waals surface area contributed by atoms with Crippen molar-refractivity contribution in [3.63, 3.8) is 0 Å². The average Bonchev–Trinajstić information content (AvgIpc) is 2.62. The highest BCUT2D eigenvalue weighted by Gasteiger charge is 2.14. The highest BCUT2D eigenvalue weighted by atomic mass is 79.9. The molecule has 0 heterocycles. The van der Waals surface area contributed by atoms with Crippen LogP contribution in [0.15, 0.2) is 65.1 Å². The van der Waals surface area contributed by atoms with Crippen molar-refractivity contribution in [3.8, 4) is 0 Å². The topological polar surface area (TPSA) is 81.4 Å². The highest BCUT2D eigenvalue weighted by Crippen LogP contribution is 2.23. The van der Waals surface area contributed by atoms with Gasteiger partial charge in [-0.05, 0) is 29.7 Å². The summed E-state index contributed by atoms with van der Waals surface area (Å²) in [5.74, 6) is -1.06. The monoisotopic (exact) mass is 398 g/mol. The minimum absolute atomic E-state index is 0.215. The molecule has 0 aliphatic heterocycles. The molecule has 0 saturated heterocycles. The van der Waals surface area contributed by atoms with Gasteiger partial charge in [-0.3, -0.25) is 4.79 Å². The van der Waals surface area contributed by atoms with Crippen LogP contribution in [0.3, 0.4) is 0 Å². The third-order valence-corrected chi connectivity index (χ3v) is 4.13. The number of nitrogens with one attached hydrogen (secondary N) is 1. The maximum absolute atomic E-state index is 12.1. The molecule has 0 atom stereocenters. The molecule has 3 N–H and O–H groups in total. The van der Waals surface area contributed by atoms with Crippen LogP contribution in [0.4, 0.5) is 11.4 Å². The predicted octanol–water partition coefficient (Wildman–Crippen LogP) is 3.98. The molecule has 3 aromatic carbocycles. The minimum Gasteiger partial charge on any atom is -0.452 e. The lowest BCUT2D eigenvalue weighted by atomic mass is 10.1. The highest BCUT2D eigenvalue weighted by molar-refractivity contribution is 9.10. The molecule has 0 aromatic heterocycles. The Morgan fingerprint density at radius 1 is 1.04 bits per heavy atom. The van der Waals surface area contributed by atoms with Crippen LogP contribution in [0.25, 0.3) is 10.8 Å². The van der Waals surface area contributed by atoms with Gasteiger partial charge in [0.2, 0.25) is 0 Å². The second-order valence-electron chi connectivity index (χ2n) is 5.38. The van der Waals surface area contributed by atoms with E-state index in [4.69, 9.17) is 10.5 Å². The Balaban J connectivity index is 1.66. The third kappa shape index (κ3) is 3.97. The van der Waals surface area contributed by atoms with Crippen LogP contribution in [0, 0.1) is 0 Å². The molecule has 1 amide bonds. The molecule has 0 radical (unpaired) electrons. The van der Waals surface area contributed by atoms with Gasteiger partial charge in [-0.1, -0.05) is 52.3 Å². The summed E-state index contributed by atoms with van der Waals surface area (Å²) in [5, 5.41) is 4.69. The average molecular weight is 399 g/mol. The van der Waals surface area contributed by atoms with Crippen molar-refractivity contribution in [2.24, 2.45) is 0 Å². The number of anilines is 2. The van der Waals surface area contributed by atoms with Crippen molar-refractivity contribution in [1.82, 2.24) is 0 Å². The Bertz CT molecular complexity index is 951.